The second-order valence-corrected chi connectivity index (χ2v) is 3.22. The highest BCUT2D eigenvalue weighted by Gasteiger charge is 2.11. The number of fused-ring (bicyclic) bond motifs is 1. The van der Waals surface area contributed by atoms with Crippen LogP contribution in [0.2, 0.25) is 0 Å². The van der Waals surface area contributed by atoms with Crippen molar-refractivity contribution in [3.8, 4) is 5.88 Å². The molecule has 0 fully saturated rings. The predicted octanol–water partition coefficient (Wildman–Crippen LogP) is -0.494. The van der Waals surface area contributed by atoms with Crippen LogP contribution in [0, 0.1) is 6.92 Å². The number of pyridine rings is 1. The minimum absolute atomic E-state index is 0.235. The first-order chi connectivity index (χ1) is 6.63. The molecule has 14 heavy (non-hydrogen) atoms. The van der Waals surface area contributed by atoms with Crippen LogP contribution in [0.15, 0.2) is 29.2 Å². The molecular formula is C10H10N2O2. The summed E-state index contributed by atoms with van der Waals surface area (Å²) in [4.78, 5) is 11.7. The Morgan fingerprint density at radius 2 is 2.14 bits per heavy atom. The summed E-state index contributed by atoms with van der Waals surface area (Å²) in [6.07, 6.45) is 1.66. The molecule has 0 radical (unpaired) electrons. The quantitative estimate of drug-likeness (QED) is 0.526. The van der Waals surface area contributed by atoms with Gasteiger partial charge >= 0.3 is 5.56 Å². The average molecular weight is 190 g/mol. The summed E-state index contributed by atoms with van der Waals surface area (Å²) in [5, 5.41) is 11.6. The van der Waals surface area contributed by atoms with Crippen LogP contribution in [-0.2, 0) is 7.05 Å². The number of nitrogens with zero attached hydrogens (tertiary/aromatic N) is 2. The molecule has 2 rings (SSSR count). The highest BCUT2D eigenvalue weighted by atomic mass is 16.3. The Morgan fingerprint density at radius 1 is 1.43 bits per heavy atom. The zero-order valence-electron chi connectivity index (χ0n) is 8.02. The van der Waals surface area contributed by atoms with Crippen LogP contribution in [0.1, 0.15) is 5.56 Å². The fraction of sp³-hybridized carbons (Fsp3) is 0.200. The monoisotopic (exact) mass is 190 g/mol. The number of rotatable bonds is 0. The topological polar surface area (TPSA) is 48.4 Å². The third kappa shape index (κ3) is 1.00. The normalized spacial score (nSPS) is 10.7. The van der Waals surface area contributed by atoms with Crippen LogP contribution in [0.5, 0.6) is 5.88 Å². The molecule has 0 aliphatic rings. The zero-order chi connectivity index (χ0) is 10.3. The van der Waals surface area contributed by atoms with Gasteiger partial charge in [0.15, 0.2) is 0 Å². The Labute approximate surface area is 80.7 Å². The Bertz CT molecular complexity index is 558. The van der Waals surface area contributed by atoms with E-state index in [-0.39, 0.29) is 17.0 Å². The molecule has 0 amide bonds. The molecular weight excluding hydrogens is 180 g/mol. The zero-order valence-corrected chi connectivity index (χ0v) is 8.02. The molecule has 0 saturated heterocycles. The van der Waals surface area contributed by atoms with Gasteiger partial charge in [-0.1, -0.05) is 6.07 Å². The molecule has 4 heteroatoms. The van der Waals surface area contributed by atoms with Crippen molar-refractivity contribution in [2.75, 3.05) is 0 Å². The minimum Gasteiger partial charge on any atom is -0.842 e. The lowest BCUT2D eigenvalue weighted by Gasteiger charge is -2.10. The largest absolute Gasteiger partial charge is 0.842 e. The summed E-state index contributed by atoms with van der Waals surface area (Å²) >= 11 is 0. The highest BCUT2D eigenvalue weighted by Crippen LogP contribution is 2.02. The van der Waals surface area contributed by atoms with Crippen LogP contribution in [0.4, 0.5) is 0 Å². The SMILES string of the molecule is Cc1c([O-])[n+](C)c2ccccn2c1=O. The van der Waals surface area contributed by atoms with Gasteiger partial charge in [-0.25, -0.2) is 9.36 Å². The van der Waals surface area contributed by atoms with Gasteiger partial charge in [-0.05, 0) is 13.0 Å². The van der Waals surface area contributed by atoms with Crippen LogP contribution in [0.25, 0.3) is 5.65 Å². The third-order valence-electron chi connectivity index (χ3n) is 2.35. The van der Waals surface area contributed by atoms with Crippen molar-refractivity contribution in [1.29, 1.82) is 0 Å². The van der Waals surface area contributed by atoms with E-state index in [1.54, 1.807) is 38.4 Å². The van der Waals surface area contributed by atoms with E-state index in [0.717, 1.165) is 0 Å². The van der Waals surface area contributed by atoms with Crippen molar-refractivity contribution < 1.29 is 9.67 Å². The van der Waals surface area contributed by atoms with Crippen molar-refractivity contribution in [2.45, 2.75) is 6.92 Å². The summed E-state index contributed by atoms with van der Waals surface area (Å²) in [7, 11) is 1.66. The molecule has 0 aliphatic heterocycles. The maximum absolute atomic E-state index is 11.7. The summed E-state index contributed by atoms with van der Waals surface area (Å²) in [6.45, 7) is 1.55. The maximum atomic E-state index is 11.7. The van der Waals surface area contributed by atoms with Gasteiger partial charge in [0.2, 0.25) is 0 Å². The summed E-state index contributed by atoms with van der Waals surface area (Å²) in [5.41, 5.74) is 0.605. The van der Waals surface area contributed by atoms with Crippen molar-refractivity contribution in [3.63, 3.8) is 0 Å². The van der Waals surface area contributed by atoms with E-state index in [0.29, 0.717) is 5.65 Å². The van der Waals surface area contributed by atoms with Crippen molar-refractivity contribution in [3.05, 3.63) is 40.3 Å². The molecule has 2 aromatic heterocycles. The Balaban J connectivity index is 3.10. The Kier molecular flexibility index (Phi) is 1.77. The summed E-state index contributed by atoms with van der Waals surface area (Å²) in [5.74, 6) is -0.235. The molecule has 2 heterocycles. The first-order valence-corrected chi connectivity index (χ1v) is 4.30. The minimum atomic E-state index is -0.247. The first kappa shape index (κ1) is 8.74. The van der Waals surface area contributed by atoms with E-state index in [2.05, 4.69) is 0 Å². The molecule has 2 aromatic rings. The van der Waals surface area contributed by atoms with Gasteiger partial charge in [0.05, 0.1) is 24.7 Å². The van der Waals surface area contributed by atoms with Gasteiger partial charge in [-0.15, -0.1) is 0 Å². The molecule has 72 valence electrons. The second kappa shape index (κ2) is 2.83. The highest BCUT2D eigenvalue weighted by molar-refractivity contribution is 5.34. The van der Waals surface area contributed by atoms with Crippen molar-refractivity contribution in [2.24, 2.45) is 7.05 Å². The smallest absolute Gasteiger partial charge is 0.344 e. The van der Waals surface area contributed by atoms with E-state index < -0.39 is 0 Å². The standard InChI is InChI=1S/C10H10N2O2/c1-7-9(13)11(2)8-5-3-4-6-12(8)10(7)14/h3-6H,1-2H3. The molecule has 0 saturated carbocycles. The fourth-order valence-electron chi connectivity index (χ4n) is 1.51. The number of hydrogen-bond acceptors (Lipinski definition) is 2. The molecule has 0 bridgehead atoms. The van der Waals surface area contributed by atoms with Crippen LogP contribution in [0.3, 0.4) is 0 Å². The van der Waals surface area contributed by atoms with E-state index >= 15 is 0 Å². The van der Waals surface area contributed by atoms with Gasteiger partial charge in [0.25, 0.3) is 5.65 Å². The Morgan fingerprint density at radius 3 is 2.86 bits per heavy atom. The number of hydrogen-bond donors (Lipinski definition) is 0. The van der Waals surface area contributed by atoms with Gasteiger partial charge in [-0.2, -0.15) is 4.40 Å². The lowest BCUT2D eigenvalue weighted by molar-refractivity contribution is -0.695. The van der Waals surface area contributed by atoms with Gasteiger partial charge in [0.1, 0.15) is 0 Å². The van der Waals surface area contributed by atoms with E-state index in [4.69, 9.17) is 0 Å². The lowest BCUT2D eigenvalue weighted by Crippen LogP contribution is -2.40. The maximum Gasteiger partial charge on any atom is 0.344 e. The third-order valence-corrected chi connectivity index (χ3v) is 2.35. The molecule has 0 aromatic carbocycles. The van der Waals surface area contributed by atoms with Crippen LogP contribution < -0.4 is 15.2 Å². The van der Waals surface area contributed by atoms with Crippen molar-refractivity contribution in [1.82, 2.24) is 4.40 Å². The van der Waals surface area contributed by atoms with Crippen molar-refractivity contribution >= 4 is 5.65 Å². The van der Waals surface area contributed by atoms with E-state index in [9.17, 15) is 9.90 Å². The van der Waals surface area contributed by atoms with Gasteiger partial charge < -0.3 is 5.11 Å². The number of aryl methyl sites for hydroxylation is 1. The molecule has 0 aliphatic carbocycles. The first-order valence-electron chi connectivity index (χ1n) is 4.30. The number of aromatic nitrogens is 2. The molecule has 4 nitrogen and oxygen atoms in total. The summed E-state index contributed by atoms with van der Waals surface area (Å²) < 4.78 is 2.94. The fourth-order valence-corrected chi connectivity index (χ4v) is 1.51. The summed E-state index contributed by atoms with van der Waals surface area (Å²) in [6, 6.07) is 5.30. The predicted molar refractivity (Wildman–Crippen MR) is 49.0 cm³/mol. The molecule has 0 atom stereocenters. The van der Waals surface area contributed by atoms with E-state index in [1.165, 1.54) is 8.97 Å². The van der Waals surface area contributed by atoms with Gasteiger partial charge in [-0.3, -0.25) is 0 Å². The average Bonchev–Trinajstić information content (AvgIpc) is 2.23. The lowest BCUT2D eigenvalue weighted by atomic mass is 10.3. The van der Waals surface area contributed by atoms with E-state index in [1.807, 2.05) is 0 Å². The van der Waals surface area contributed by atoms with Crippen LogP contribution in [-0.4, -0.2) is 4.40 Å². The molecule has 0 spiro atoms. The van der Waals surface area contributed by atoms with Gasteiger partial charge in [0, 0.05) is 6.07 Å². The molecule has 0 unspecified atom stereocenters. The molecule has 0 N–H and O–H groups in total. The second-order valence-electron chi connectivity index (χ2n) is 3.22. The Hall–Kier alpha value is -1.84. The van der Waals surface area contributed by atoms with Crippen LogP contribution >= 0.6 is 0 Å².